The highest BCUT2D eigenvalue weighted by Gasteiger charge is 2.17. The van der Waals surface area contributed by atoms with Crippen LogP contribution < -0.4 is 5.32 Å². The van der Waals surface area contributed by atoms with E-state index in [-0.39, 0.29) is 11.8 Å². The van der Waals surface area contributed by atoms with Gasteiger partial charge in [0.05, 0.1) is 5.69 Å². The zero-order valence-corrected chi connectivity index (χ0v) is 13.8. The molecule has 1 aliphatic heterocycles. The van der Waals surface area contributed by atoms with E-state index in [1.807, 2.05) is 30.5 Å². The van der Waals surface area contributed by atoms with Gasteiger partial charge in [-0.15, -0.1) is 0 Å². The molecule has 2 heterocycles. The molecule has 122 valence electrons. The lowest BCUT2D eigenvalue weighted by Gasteiger charge is -2.15. The quantitative estimate of drug-likeness (QED) is 0.856. The van der Waals surface area contributed by atoms with Gasteiger partial charge in [-0.1, -0.05) is 0 Å². The minimum Gasteiger partial charge on any atom is -0.356 e. The molecule has 0 saturated carbocycles. The fraction of sp³-hybridized carbons (Fsp3) is 0.688. The topological polar surface area (TPSA) is 67.2 Å². The second-order valence-electron chi connectivity index (χ2n) is 5.96. The monoisotopic (exact) mass is 306 g/mol. The van der Waals surface area contributed by atoms with Gasteiger partial charge in [0.1, 0.15) is 0 Å². The van der Waals surface area contributed by atoms with E-state index < -0.39 is 0 Å². The zero-order valence-electron chi connectivity index (χ0n) is 13.8. The molecule has 0 atom stereocenters. The summed E-state index contributed by atoms with van der Waals surface area (Å²) in [5, 5.41) is 7.19. The Balaban J connectivity index is 1.68. The van der Waals surface area contributed by atoms with E-state index in [1.165, 1.54) is 0 Å². The standard InChI is InChI=1S/C16H26N4O2/c1-12-14(13(2)19(3)18-12)6-7-15(21)17-9-8-16(22)20-10-4-5-11-20/h4-11H2,1-3H3,(H,17,21). The average Bonchev–Trinajstić information content (AvgIpc) is 3.08. The van der Waals surface area contributed by atoms with Crippen LogP contribution in [0.15, 0.2) is 0 Å². The number of carbonyl (C=O) groups is 2. The third kappa shape index (κ3) is 4.08. The Labute approximate surface area is 131 Å². The lowest BCUT2D eigenvalue weighted by atomic mass is 10.1. The van der Waals surface area contributed by atoms with Crippen molar-refractivity contribution >= 4 is 11.8 Å². The van der Waals surface area contributed by atoms with Crippen molar-refractivity contribution in [3.8, 4) is 0 Å². The van der Waals surface area contributed by atoms with Crippen LogP contribution in [-0.4, -0.2) is 46.1 Å². The van der Waals surface area contributed by atoms with Gasteiger partial charge in [-0.25, -0.2) is 0 Å². The van der Waals surface area contributed by atoms with E-state index >= 15 is 0 Å². The van der Waals surface area contributed by atoms with E-state index in [1.54, 1.807) is 0 Å². The molecule has 6 nitrogen and oxygen atoms in total. The molecule has 1 saturated heterocycles. The maximum atomic E-state index is 11.9. The zero-order chi connectivity index (χ0) is 16.1. The van der Waals surface area contributed by atoms with Gasteiger partial charge in [-0.3, -0.25) is 14.3 Å². The van der Waals surface area contributed by atoms with Gasteiger partial charge in [0.2, 0.25) is 11.8 Å². The molecule has 0 unspecified atom stereocenters. The van der Waals surface area contributed by atoms with Crippen LogP contribution in [0.5, 0.6) is 0 Å². The summed E-state index contributed by atoms with van der Waals surface area (Å²) >= 11 is 0. The fourth-order valence-electron chi connectivity index (χ4n) is 2.94. The summed E-state index contributed by atoms with van der Waals surface area (Å²) in [7, 11) is 1.91. The number of carbonyl (C=O) groups excluding carboxylic acids is 2. The van der Waals surface area contributed by atoms with Crippen LogP contribution in [0.25, 0.3) is 0 Å². The van der Waals surface area contributed by atoms with Gasteiger partial charge in [0, 0.05) is 45.2 Å². The Morgan fingerprint density at radius 1 is 1.18 bits per heavy atom. The number of nitrogens with zero attached hydrogens (tertiary/aromatic N) is 3. The fourth-order valence-corrected chi connectivity index (χ4v) is 2.94. The second-order valence-corrected chi connectivity index (χ2v) is 5.96. The minimum atomic E-state index is -0.00289. The predicted octanol–water partition coefficient (Wildman–Crippen LogP) is 1.10. The van der Waals surface area contributed by atoms with Gasteiger partial charge < -0.3 is 10.2 Å². The molecule has 1 fully saturated rings. The Morgan fingerprint density at radius 3 is 2.45 bits per heavy atom. The van der Waals surface area contributed by atoms with Gasteiger partial charge >= 0.3 is 0 Å². The average molecular weight is 306 g/mol. The molecular formula is C16H26N4O2. The van der Waals surface area contributed by atoms with Gasteiger partial charge in [0.25, 0.3) is 0 Å². The van der Waals surface area contributed by atoms with Crippen molar-refractivity contribution in [1.82, 2.24) is 20.0 Å². The Kier molecular flexibility index (Phi) is 5.57. The highest BCUT2D eigenvalue weighted by Crippen LogP contribution is 2.14. The molecule has 0 bridgehead atoms. The number of hydrogen-bond donors (Lipinski definition) is 1. The number of aryl methyl sites for hydroxylation is 2. The third-order valence-electron chi connectivity index (χ3n) is 4.38. The maximum Gasteiger partial charge on any atom is 0.224 e. The van der Waals surface area contributed by atoms with Gasteiger partial charge in [-0.05, 0) is 38.7 Å². The number of nitrogens with one attached hydrogen (secondary N) is 1. The molecule has 1 aromatic rings. The molecule has 0 radical (unpaired) electrons. The van der Waals surface area contributed by atoms with Crippen LogP contribution in [0.3, 0.4) is 0 Å². The second kappa shape index (κ2) is 7.42. The van der Waals surface area contributed by atoms with Crippen LogP contribution in [-0.2, 0) is 23.1 Å². The van der Waals surface area contributed by atoms with E-state index in [9.17, 15) is 9.59 Å². The van der Waals surface area contributed by atoms with Crippen LogP contribution in [0, 0.1) is 13.8 Å². The smallest absolute Gasteiger partial charge is 0.224 e. The molecule has 0 aliphatic carbocycles. The first-order valence-corrected chi connectivity index (χ1v) is 8.02. The minimum absolute atomic E-state index is 0.00289. The van der Waals surface area contributed by atoms with E-state index in [2.05, 4.69) is 10.4 Å². The molecule has 0 aromatic carbocycles. The van der Waals surface area contributed by atoms with Crippen molar-refractivity contribution in [1.29, 1.82) is 0 Å². The van der Waals surface area contributed by atoms with Crippen LogP contribution in [0.1, 0.15) is 42.6 Å². The number of likely N-dealkylation sites (tertiary alicyclic amines) is 1. The molecule has 6 heteroatoms. The maximum absolute atomic E-state index is 11.9. The summed E-state index contributed by atoms with van der Waals surface area (Å²) < 4.78 is 1.84. The highest BCUT2D eigenvalue weighted by molar-refractivity contribution is 5.79. The first-order valence-electron chi connectivity index (χ1n) is 8.02. The molecule has 1 aliphatic rings. The predicted molar refractivity (Wildman–Crippen MR) is 84.4 cm³/mol. The molecule has 22 heavy (non-hydrogen) atoms. The van der Waals surface area contributed by atoms with Crippen molar-refractivity contribution in [3.63, 3.8) is 0 Å². The lowest BCUT2D eigenvalue weighted by molar-refractivity contribution is -0.130. The van der Waals surface area contributed by atoms with Crippen LogP contribution in [0.4, 0.5) is 0 Å². The van der Waals surface area contributed by atoms with Gasteiger partial charge in [-0.2, -0.15) is 5.10 Å². The molecule has 1 aromatic heterocycles. The molecule has 2 rings (SSSR count). The van der Waals surface area contributed by atoms with E-state index in [0.29, 0.717) is 25.8 Å². The van der Waals surface area contributed by atoms with Crippen molar-refractivity contribution in [3.05, 3.63) is 17.0 Å². The van der Waals surface area contributed by atoms with Crippen molar-refractivity contribution < 1.29 is 9.59 Å². The molecular weight excluding hydrogens is 280 g/mol. The van der Waals surface area contributed by atoms with E-state index in [4.69, 9.17) is 0 Å². The van der Waals surface area contributed by atoms with Crippen molar-refractivity contribution in [2.75, 3.05) is 19.6 Å². The first-order chi connectivity index (χ1) is 10.5. The molecule has 2 amide bonds. The Bertz CT molecular complexity index is 545. The SMILES string of the molecule is Cc1nn(C)c(C)c1CCC(=O)NCCC(=O)N1CCCC1. The Hall–Kier alpha value is -1.85. The van der Waals surface area contributed by atoms with Gasteiger partial charge in [0.15, 0.2) is 0 Å². The van der Waals surface area contributed by atoms with E-state index in [0.717, 1.165) is 42.9 Å². The summed E-state index contributed by atoms with van der Waals surface area (Å²) in [6.45, 7) is 6.15. The molecule has 0 spiro atoms. The largest absolute Gasteiger partial charge is 0.356 e. The number of hydrogen-bond acceptors (Lipinski definition) is 3. The normalized spacial score (nSPS) is 14.4. The first kappa shape index (κ1) is 16.5. The summed E-state index contributed by atoms with van der Waals surface area (Å²) in [4.78, 5) is 25.6. The van der Waals surface area contributed by atoms with Crippen molar-refractivity contribution in [2.45, 2.75) is 46.0 Å². The number of rotatable bonds is 6. The lowest BCUT2D eigenvalue weighted by Crippen LogP contribution is -2.32. The summed E-state index contributed by atoms with van der Waals surface area (Å²) in [6, 6.07) is 0. The summed E-state index contributed by atoms with van der Waals surface area (Å²) in [5.74, 6) is 0.147. The molecule has 1 N–H and O–H groups in total. The number of aromatic nitrogens is 2. The summed E-state index contributed by atoms with van der Waals surface area (Å²) in [5.41, 5.74) is 3.23. The summed E-state index contributed by atoms with van der Waals surface area (Å²) in [6.07, 6.45) is 3.73. The number of amides is 2. The Morgan fingerprint density at radius 2 is 1.86 bits per heavy atom. The van der Waals surface area contributed by atoms with Crippen LogP contribution >= 0.6 is 0 Å². The van der Waals surface area contributed by atoms with Crippen LogP contribution in [0.2, 0.25) is 0 Å². The highest BCUT2D eigenvalue weighted by atomic mass is 16.2. The third-order valence-corrected chi connectivity index (χ3v) is 4.38. The van der Waals surface area contributed by atoms with Crippen molar-refractivity contribution in [2.24, 2.45) is 7.05 Å².